The SMILES string of the molecule is Cl.O=C(c1cc(F)ccc1[N+](=O)[O-])N1C2CCNCC1CC2. The van der Waals surface area contributed by atoms with Crippen LogP contribution >= 0.6 is 12.4 Å². The Hall–Kier alpha value is -1.73. The smallest absolute Gasteiger partial charge is 0.282 e. The molecule has 2 unspecified atom stereocenters. The first-order valence-corrected chi connectivity index (χ1v) is 7.05. The number of nitrogens with zero attached hydrogens (tertiary/aromatic N) is 2. The van der Waals surface area contributed by atoms with E-state index < -0.39 is 16.6 Å². The highest BCUT2D eigenvalue weighted by Gasteiger charge is 2.40. The average molecular weight is 330 g/mol. The second-order valence-corrected chi connectivity index (χ2v) is 5.51. The molecule has 0 radical (unpaired) electrons. The van der Waals surface area contributed by atoms with Crippen LogP contribution < -0.4 is 5.32 Å². The van der Waals surface area contributed by atoms with Gasteiger partial charge in [-0.05, 0) is 37.9 Å². The Morgan fingerprint density at radius 2 is 2.05 bits per heavy atom. The predicted molar refractivity (Wildman–Crippen MR) is 80.8 cm³/mol. The molecule has 1 aromatic rings. The Bertz CT molecular complexity index is 585. The van der Waals surface area contributed by atoms with Crippen molar-refractivity contribution >= 4 is 24.0 Å². The number of nitrogens with one attached hydrogen (secondary N) is 1. The van der Waals surface area contributed by atoms with Crippen LogP contribution in [0, 0.1) is 15.9 Å². The minimum Gasteiger partial charge on any atom is -0.331 e. The minimum atomic E-state index is -0.635. The third-order valence-electron chi connectivity index (χ3n) is 4.27. The molecule has 0 aliphatic carbocycles. The Morgan fingerprint density at radius 1 is 1.32 bits per heavy atom. The van der Waals surface area contributed by atoms with E-state index in [2.05, 4.69) is 5.32 Å². The third kappa shape index (κ3) is 2.91. The van der Waals surface area contributed by atoms with Gasteiger partial charge in [0.2, 0.25) is 0 Å². The number of hydrogen-bond donors (Lipinski definition) is 1. The lowest BCUT2D eigenvalue weighted by molar-refractivity contribution is -0.385. The third-order valence-corrected chi connectivity index (χ3v) is 4.27. The number of halogens is 2. The summed E-state index contributed by atoms with van der Waals surface area (Å²) in [5.74, 6) is -1.07. The highest BCUT2D eigenvalue weighted by atomic mass is 35.5. The van der Waals surface area contributed by atoms with E-state index >= 15 is 0 Å². The van der Waals surface area contributed by atoms with Gasteiger partial charge in [-0.2, -0.15) is 0 Å². The fourth-order valence-corrected chi connectivity index (χ4v) is 3.29. The van der Waals surface area contributed by atoms with Crippen molar-refractivity contribution in [2.75, 3.05) is 13.1 Å². The molecular formula is C14H17ClFN3O3. The molecule has 2 heterocycles. The van der Waals surface area contributed by atoms with Crippen molar-refractivity contribution in [2.24, 2.45) is 0 Å². The average Bonchev–Trinajstić information content (AvgIpc) is 2.70. The normalized spacial score (nSPS) is 23.6. The summed E-state index contributed by atoms with van der Waals surface area (Å²) in [6, 6.07) is 3.15. The van der Waals surface area contributed by atoms with Gasteiger partial charge in [0.05, 0.1) is 4.92 Å². The molecular weight excluding hydrogens is 313 g/mol. The van der Waals surface area contributed by atoms with E-state index in [0.29, 0.717) is 6.54 Å². The van der Waals surface area contributed by atoms with Gasteiger partial charge in [-0.25, -0.2) is 4.39 Å². The molecule has 2 atom stereocenters. The van der Waals surface area contributed by atoms with Crippen LogP contribution in [0.5, 0.6) is 0 Å². The summed E-state index contributed by atoms with van der Waals surface area (Å²) in [5, 5.41) is 14.3. The number of fused-ring (bicyclic) bond motifs is 2. The van der Waals surface area contributed by atoms with E-state index in [1.807, 2.05) is 0 Å². The van der Waals surface area contributed by atoms with Gasteiger partial charge in [-0.15, -0.1) is 12.4 Å². The monoisotopic (exact) mass is 329 g/mol. The molecule has 6 nitrogen and oxygen atoms in total. The molecule has 1 N–H and O–H groups in total. The first kappa shape index (κ1) is 16.6. The number of benzene rings is 1. The molecule has 2 saturated heterocycles. The molecule has 0 aromatic heterocycles. The van der Waals surface area contributed by atoms with E-state index in [1.54, 1.807) is 4.90 Å². The highest BCUT2D eigenvalue weighted by molar-refractivity contribution is 5.98. The van der Waals surface area contributed by atoms with Crippen molar-refractivity contribution in [2.45, 2.75) is 31.3 Å². The number of amides is 1. The van der Waals surface area contributed by atoms with E-state index in [4.69, 9.17) is 0 Å². The maximum Gasteiger partial charge on any atom is 0.282 e. The molecule has 22 heavy (non-hydrogen) atoms. The summed E-state index contributed by atoms with van der Waals surface area (Å²) in [6.45, 7) is 1.52. The number of hydrogen-bond acceptors (Lipinski definition) is 4. The Labute approximate surface area is 133 Å². The van der Waals surface area contributed by atoms with Gasteiger partial charge in [0.1, 0.15) is 11.4 Å². The number of carbonyl (C=O) groups excluding carboxylic acids is 1. The molecule has 0 spiro atoms. The number of nitro benzene ring substituents is 1. The highest BCUT2D eigenvalue weighted by Crippen LogP contribution is 2.31. The molecule has 2 bridgehead atoms. The van der Waals surface area contributed by atoms with E-state index in [9.17, 15) is 19.3 Å². The topological polar surface area (TPSA) is 75.5 Å². The summed E-state index contributed by atoms with van der Waals surface area (Å²) in [4.78, 5) is 24.9. The number of nitro groups is 1. The lowest BCUT2D eigenvalue weighted by atomic mass is 10.1. The van der Waals surface area contributed by atoms with Gasteiger partial charge in [-0.3, -0.25) is 14.9 Å². The zero-order chi connectivity index (χ0) is 15.0. The van der Waals surface area contributed by atoms with E-state index in [-0.39, 0.29) is 35.7 Å². The Kier molecular flexibility index (Phi) is 4.97. The van der Waals surface area contributed by atoms with Crippen LogP contribution in [0.25, 0.3) is 0 Å². The second kappa shape index (κ2) is 6.58. The van der Waals surface area contributed by atoms with Gasteiger partial charge in [0, 0.05) is 24.7 Å². The Balaban J connectivity index is 0.00000176. The molecule has 0 saturated carbocycles. The van der Waals surface area contributed by atoms with Crippen LogP contribution in [0.15, 0.2) is 18.2 Å². The summed E-state index contributed by atoms with van der Waals surface area (Å²) < 4.78 is 13.4. The van der Waals surface area contributed by atoms with Gasteiger partial charge >= 0.3 is 0 Å². The van der Waals surface area contributed by atoms with Crippen molar-refractivity contribution in [3.8, 4) is 0 Å². The molecule has 1 aromatic carbocycles. The summed E-state index contributed by atoms with van der Waals surface area (Å²) in [6.07, 6.45) is 2.61. The molecule has 2 aliphatic rings. The first-order valence-electron chi connectivity index (χ1n) is 7.05. The minimum absolute atomic E-state index is 0. The zero-order valence-corrected chi connectivity index (χ0v) is 12.6. The molecule has 2 fully saturated rings. The molecule has 8 heteroatoms. The van der Waals surface area contributed by atoms with E-state index in [0.717, 1.165) is 44.0 Å². The van der Waals surface area contributed by atoms with Crippen LogP contribution in [0.2, 0.25) is 0 Å². The van der Waals surface area contributed by atoms with E-state index in [1.165, 1.54) is 0 Å². The van der Waals surface area contributed by atoms with Crippen molar-refractivity contribution in [3.63, 3.8) is 0 Å². The lowest BCUT2D eigenvalue weighted by Gasteiger charge is -2.27. The maximum atomic E-state index is 13.4. The zero-order valence-electron chi connectivity index (χ0n) is 11.8. The second-order valence-electron chi connectivity index (χ2n) is 5.51. The summed E-state index contributed by atoms with van der Waals surface area (Å²) in [7, 11) is 0. The predicted octanol–water partition coefficient (Wildman–Crippen LogP) is 2.12. The first-order chi connectivity index (χ1) is 10.1. The van der Waals surface area contributed by atoms with Crippen LogP contribution in [-0.2, 0) is 0 Å². The number of carbonyl (C=O) groups is 1. The van der Waals surface area contributed by atoms with Crippen molar-refractivity contribution in [1.82, 2.24) is 10.2 Å². The van der Waals surface area contributed by atoms with Gasteiger partial charge in [0.15, 0.2) is 0 Å². The van der Waals surface area contributed by atoms with Crippen molar-refractivity contribution in [3.05, 3.63) is 39.7 Å². The largest absolute Gasteiger partial charge is 0.331 e. The molecule has 1 amide bonds. The molecule has 120 valence electrons. The van der Waals surface area contributed by atoms with Gasteiger partial charge in [-0.1, -0.05) is 0 Å². The quantitative estimate of drug-likeness (QED) is 0.666. The molecule has 3 rings (SSSR count). The maximum absolute atomic E-state index is 13.4. The van der Waals surface area contributed by atoms with Crippen LogP contribution in [0.3, 0.4) is 0 Å². The lowest BCUT2D eigenvalue weighted by Crippen LogP contribution is -2.42. The fourth-order valence-electron chi connectivity index (χ4n) is 3.29. The standard InChI is InChI=1S/C14H16FN3O3.ClH/c15-9-1-4-13(18(20)21)12(7-9)14(19)17-10-2-3-11(17)8-16-6-5-10;/h1,4,7,10-11,16H,2-3,5-6,8H2;1H. The van der Waals surface area contributed by atoms with Gasteiger partial charge < -0.3 is 10.2 Å². The van der Waals surface area contributed by atoms with Crippen molar-refractivity contribution < 1.29 is 14.1 Å². The van der Waals surface area contributed by atoms with Gasteiger partial charge in [0.25, 0.3) is 11.6 Å². The summed E-state index contributed by atoms with van der Waals surface area (Å²) >= 11 is 0. The fraction of sp³-hybridized carbons (Fsp3) is 0.500. The van der Waals surface area contributed by atoms with Crippen LogP contribution in [-0.4, -0.2) is 40.9 Å². The Morgan fingerprint density at radius 3 is 2.77 bits per heavy atom. The van der Waals surface area contributed by atoms with Crippen molar-refractivity contribution in [1.29, 1.82) is 0 Å². The molecule has 2 aliphatic heterocycles. The van der Waals surface area contributed by atoms with Crippen LogP contribution in [0.4, 0.5) is 10.1 Å². The summed E-state index contributed by atoms with van der Waals surface area (Å²) in [5.41, 5.74) is -0.489. The number of rotatable bonds is 2. The van der Waals surface area contributed by atoms with Crippen LogP contribution in [0.1, 0.15) is 29.6 Å².